The summed E-state index contributed by atoms with van der Waals surface area (Å²) in [6.45, 7) is 1.44. The zero-order valence-corrected chi connectivity index (χ0v) is 9.95. The maximum absolute atomic E-state index is 11.0. The summed E-state index contributed by atoms with van der Waals surface area (Å²) in [5, 5.41) is -0.150. The van der Waals surface area contributed by atoms with Gasteiger partial charge in [-0.2, -0.15) is 0 Å². The van der Waals surface area contributed by atoms with Crippen molar-refractivity contribution in [3.05, 3.63) is 33.3 Å². The molecule has 0 N–H and O–H groups in total. The molecule has 0 saturated carbocycles. The van der Waals surface area contributed by atoms with Crippen LogP contribution in [0, 0.1) is 0 Å². The molecule has 0 bridgehead atoms. The third-order valence-corrected chi connectivity index (χ3v) is 2.97. The molecule has 1 rings (SSSR count). The lowest BCUT2D eigenvalue weighted by Gasteiger charge is -2.08. The lowest BCUT2D eigenvalue weighted by molar-refractivity contribution is -0.116. The highest BCUT2D eigenvalue weighted by Crippen LogP contribution is 2.30. The largest absolute Gasteiger partial charge is 0.298 e. The molecule has 0 heterocycles. The Labute approximate surface area is 95.2 Å². The van der Waals surface area contributed by atoms with Gasteiger partial charge in [0.15, 0.2) is 5.78 Å². The van der Waals surface area contributed by atoms with Gasteiger partial charge in [-0.25, -0.2) is 0 Å². The van der Waals surface area contributed by atoms with Crippen LogP contribution in [0.4, 0.5) is 0 Å². The van der Waals surface area contributed by atoms with Crippen molar-refractivity contribution in [3.8, 4) is 0 Å². The van der Waals surface area contributed by atoms with Gasteiger partial charge in [-0.05, 0) is 30.7 Å². The van der Waals surface area contributed by atoms with E-state index in [4.69, 9.17) is 23.2 Å². The zero-order valence-electron chi connectivity index (χ0n) is 6.85. The van der Waals surface area contributed by atoms with Gasteiger partial charge in [0, 0.05) is 9.50 Å². The van der Waals surface area contributed by atoms with Crippen molar-refractivity contribution in [1.82, 2.24) is 0 Å². The smallest absolute Gasteiger partial charge is 0.152 e. The van der Waals surface area contributed by atoms with Gasteiger partial charge in [0.05, 0.1) is 0 Å². The van der Waals surface area contributed by atoms with E-state index >= 15 is 0 Å². The number of carbonyl (C=O) groups is 1. The van der Waals surface area contributed by atoms with Crippen LogP contribution in [0.5, 0.6) is 0 Å². The normalized spacial score (nSPS) is 12.6. The number of Topliss-reactive ketones (excluding diaryl/α,β-unsaturated/α-hetero) is 1. The quantitative estimate of drug-likeness (QED) is 0.750. The van der Waals surface area contributed by atoms with E-state index in [1.807, 2.05) is 0 Å². The predicted molar refractivity (Wildman–Crippen MR) is 58.4 cm³/mol. The van der Waals surface area contributed by atoms with Crippen molar-refractivity contribution in [2.45, 2.75) is 12.3 Å². The number of carbonyl (C=O) groups excluding carboxylic acids is 1. The number of ketones is 1. The molecule has 13 heavy (non-hydrogen) atoms. The molecule has 0 aliphatic rings. The number of alkyl halides is 1. The standard InChI is InChI=1S/C9H7BrCl2O/c1-5(13)9(12)7-4-6(10)2-3-8(7)11/h2-4,9H,1H3. The summed E-state index contributed by atoms with van der Waals surface area (Å²) in [5.74, 6) is -0.110. The molecular weight excluding hydrogens is 275 g/mol. The maximum atomic E-state index is 11.0. The second-order valence-corrected chi connectivity index (χ2v) is 4.40. The number of rotatable bonds is 2. The van der Waals surface area contributed by atoms with Crippen molar-refractivity contribution in [3.63, 3.8) is 0 Å². The summed E-state index contributed by atoms with van der Waals surface area (Å²) in [5.41, 5.74) is 0.644. The molecule has 1 aromatic rings. The molecule has 4 heteroatoms. The fraction of sp³-hybridized carbons (Fsp3) is 0.222. The lowest BCUT2D eigenvalue weighted by Crippen LogP contribution is -2.02. The first-order valence-electron chi connectivity index (χ1n) is 3.62. The van der Waals surface area contributed by atoms with Gasteiger partial charge >= 0.3 is 0 Å². The second kappa shape index (κ2) is 4.45. The van der Waals surface area contributed by atoms with Crippen LogP contribution in [-0.4, -0.2) is 5.78 Å². The number of benzene rings is 1. The van der Waals surface area contributed by atoms with Crippen LogP contribution >= 0.6 is 39.1 Å². The molecule has 0 radical (unpaired) electrons. The molecule has 0 aromatic heterocycles. The number of hydrogen-bond donors (Lipinski definition) is 0. The third-order valence-electron chi connectivity index (χ3n) is 1.59. The Morgan fingerprint density at radius 3 is 2.69 bits per heavy atom. The molecule has 0 saturated heterocycles. The molecule has 0 aliphatic heterocycles. The van der Waals surface area contributed by atoms with Gasteiger partial charge in [0.25, 0.3) is 0 Å². The Morgan fingerprint density at radius 2 is 2.15 bits per heavy atom. The van der Waals surface area contributed by atoms with E-state index in [2.05, 4.69) is 15.9 Å². The van der Waals surface area contributed by atoms with Crippen molar-refractivity contribution in [2.75, 3.05) is 0 Å². The van der Waals surface area contributed by atoms with Gasteiger partial charge < -0.3 is 0 Å². The van der Waals surface area contributed by atoms with E-state index in [1.165, 1.54) is 6.92 Å². The fourth-order valence-corrected chi connectivity index (χ4v) is 1.77. The van der Waals surface area contributed by atoms with E-state index in [0.717, 1.165) is 4.47 Å². The van der Waals surface area contributed by atoms with E-state index in [0.29, 0.717) is 10.6 Å². The van der Waals surface area contributed by atoms with Crippen molar-refractivity contribution in [1.29, 1.82) is 0 Å². The fourth-order valence-electron chi connectivity index (χ4n) is 0.928. The van der Waals surface area contributed by atoms with Crippen molar-refractivity contribution < 1.29 is 4.79 Å². The maximum Gasteiger partial charge on any atom is 0.152 e. The van der Waals surface area contributed by atoms with Crippen LogP contribution in [0.1, 0.15) is 17.9 Å². The lowest BCUT2D eigenvalue weighted by atomic mass is 10.1. The van der Waals surface area contributed by atoms with Crippen LogP contribution < -0.4 is 0 Å². The molecule has 1 nitrogen and oxygen atoms in total. The van der Waals surface area contributed by atoms with Crippen LogP contribution in [0.3, 0.4) is 0 Å². The molecule has 1 unspecified atom stereocenters. The molecule has 1 aromatic carbocycles. The molecule has 0 amide bonds. The summed E-state index contributed by atoms with van der Waals surface area (Å²) in [6.07, 6.45) is 0. The highest BCUT2D eigenvalue weighted by molar-refractivity contribution is 9.10. The summed E-state index contributed by atoms with van der Waals surface area (Å²) in [7, 11) is 0. The van der Waals surface area contributed by atoms with Gasteiger partial charge in [-0.3, -0.25) is 4.79 Å². The minimum absolute atomic E-state index is 0.110. The van der Waals surface area contributed by atoms with Gasteiger partial charge in [0.2, 0.25) is 0 Å². The molecule has 1 atom stereocenters. The van der Waals surface area contributed by atoms with E-state index in [1.54, 1.807) is 18.2 Å². The average molecular weight is 282 g/mol. The number of hydrogen-bond acceptors (Lipinski definition) is 1. The molecular formula is C9H7BrCl2O. The Balaban J connectivity index is 3.12. The van der Waals surface area contributed by atoms with Gasteiger partial charge in [-0.1, -0.05) is 27.5 Å². The van der Waals surface area contributed by atoms with E-state index in [-0.39, 0.29) is 5.78 Å². The minimum Gasteiger partial charge on any atom is -0.298 e. The monoisotopic (exact) mass is 280 g/mol. The van der Waals surface area contributed by atoms with Crippen LogP contribution in [0.15, 0.2) is 22.7 Å². The Bertz CT molecular complexity index is 338. The predicted octanol–water partition coefficient (Wildman–Crippen LogP) is 3.97. The Kier molecular flexibility index (Phi) is 3.77. The average Bonchev–Trinajstić information content (AvgIpc) is 2.08. The first-order valence-corrected chi connectivity index (χ1v) is 5.22. The minimum atomic E-state index is -0.662. The van der Waals surface area contributed by atoms with E-state index in [9.17, 15) is 4.79 Å². The topological polar surface area (TPSA) is 17.1 Å². The van der Waals surface area contributed by atoms with Crippen molar-refractivity contribution >= 4 is 44.9 Å². The zero-order chi connectivity index (χ0) is 10.0. The van der Waals surface area contributed by atoms with Gasteiger partial charge in [-0.15, -0.1) is 11.6 Å². The van der Waals surface area contributed by atoms with Crippen LogP contribution in [0.2, 0.25) is 5.02 Å². The first-order chi connectivity index (χ1) is 6.02. The Hall–Kier alpha value is -0.0500. The summed E-state index contributed by atoms with van der Waals surface area (Å²) >= 11 is 15.0. The van der Waals surface area contributed by atoms with Crippen LogP contribution in [-0.2, 0) is 4.79 Å². The molecule has 0 spiro atoms. The van der Waals surface area contributed by atoms with E-state index < -0.39 is 5.38 Å². The summed E-state index contributed by atoms with van der Waals surface area (Å²) < 4.78 is 0.860. The highest BCUT2D eigenvalue weighted by atomic mass is 79.9. The SMILES string of the molecule is CC(=O)C(Cl)c1cc(Br)ccc1Cl. The molecule has 0 fully saturated rings. The van der Waals surface area contributed by atoms with Gasteiger partial charge in [0.1, 0.15) is 5.38 Å². The third kappa shape index (κ3) is 2.70. The highest BCUT2D eigenvalue weighted by Gasteiger charge is 2.16. The first kappa shape index (κ1) is 11.0. The van der Waals surface area contributed by atoms with Crippen LogP contribution in [0.25, 0.3) is 0 Å². The second-order valence-electron chi connectivity index (χ2n) is 2.64. The molecule has 70 valence electrons. The van der Waals surface area contributed by atoms with Crippen molar-refractivity contribution in [2.24, 2.45) is 0 Å². The number of halogens is 3. The summed E-state index contributed by atoms with van der Waals surface area (Å²) in [6, 6.07) is 5.26. The summed E-state index contributed by atoms with van der Waals surface area (Å²) in [4.78, 5) is 11.0. The Morgan fingerprint density at radius 1 is 1.54 bits per heavy atom. The molecule has 0 aliphatic carbocycles.